The van der Waals surface area contributed by atoms with E-state index >= 15 is 0 Å². The quantitative estimate of drug-likeness (QED) is 0.322. The van der Waals surface area contributed by atoms with Crippen LogP contribution in [0.2, 0.25) is 0 Å². The number of benzene rings is 2. The summed E-state index contributed by atoms with van der Waals surface area (Å²) in [7, 11) is 2.74. The number of ether oxygens (including phenoxy) is 4. The topological polar surface area (TPSA) is 185 Å². The molecule has 0 spiro atoms. The van der Waals surface area contributed by atoms with E-state index in [4.69, 9.17) is 23.4 Å². The molecule has 5 atom stereocenters. The second-order valence-electron chi connectivity index (χ2n) is 7.69. The molecule has 12 nitrogen and oxygen atoms in total. The van der Waals surface area contributed by atoms with E-state index in [-0.39, 0.29) is 28.2 Å². The first-order valence-electron chi connectivity index (χ1n) is 10.3. The van der Waals surface area contributed by atoms with Crippen LogP contribution in [0.25, 0.3) is 22.3 Å². The van der Waals surface area contributed by atoms with E-state index in [9.17, 15) is 35.1 Å². The van der Waals surface area contributed by atoms with Crippen molar-refractivity contribution in [2.24, 2.45) is 0 Å². The summed E-state index contributed by atoms with van der Waals surface area (Å²) in [5.41, 5.74) is -0.260. The van der Waals surface area contributed by atoms with Crippen molar-refractivity contribution in [3.8, 4) is 34.3 Å². The molecule has 4 rings (SSSR count). The lowest BCUT2D eigenvalue weighted by Gasteiger charge is -2.38. The molecule has 12 heteroatoms. The molecule has 0 amide bonds. The van der Waals surface area contributed by atoms with E-state index in [1.54, 1.807) is 24.3 Å². The zero-order valence-electron chi connectivity index (χ0n) is 18.4. The molecule has 0 bridgehead atoms. The number of fused-ring (bicyclic) bond motifs is 1. The Kier molecular flexibility index (Phi) is 6.54. The standard InChI is InChI=1S/C23H22O12/c1-31-10-5-3-9(4-6-10)13-7-11(24)15-12(25)8-14(19(32-2)20(15)33-13)34-23-18(28)16(26)17(27)21(35-23)22(29)30/h3-8,16-18,21,23,25-28H,1-2H3,(H,29,30). The minimum Gasteiger partial charge on any atom is -0.507 e. The number of carbonyl (C=O) groups is 1. The number of hydrogen-bond donors (Lipinski definition) is 5. The molecule has 0 radical (unpaired) electrons. The van der Waals surface area contributed by atoms with Gasteiger partial charge in [0.05, 0.1) is 14.2 Å². The molecule has 1 aliphatic heterocycles. The van der Waals surface area contributed by atoms with Gasteiger partial charge in [0, 0.05) is 17.7 Å². The Hall–Kier alpha value is -3.84. The molecule has 1 aromatic heterocycles. The number of phenols is 1. The van der Waals surface area contributed by atoms with E-state index in [0.29, 0.717) is 11.3 Å². The summed E-state index contributed by atoms with van der Waals surface area (Å²) in [5.74, 6) is -1.89. The number of aliphatic hydroxyl groups excluding tert-OH is 3. The minimum absolute atomic E-state index is 0.137. The van der Waals surface area contributed by atoms with Crippen LogP contribution in [-0.2, 0) is 9.53 Å². The fraction of sp³-hybridized carbons (Fsp3) is 0.304. The number of carboxylic acid groups (broad SMARTS) is 1. The molecule has 1 fully saturated rings. The van der Waals surface area contributed by atoms with E-state index in [2.05, 4.69) is 0 Å². The molecule has 5 unspecified atom stereocenters. The molecule has 5 N–H and O–H groups in total. The molecule has 2 aromatic carbocycles. The van der Waals surface area contributed by atoms with Crippen LogP contribution in [0.4, 0.5) is 0 Å². The first-order valence-corrected chi connectivity index (χ1v) is 10.3. The summed E-state index contributed by atoms with van der Waals surface area (Å²) in [6.07, 6.45) is -9.37. The Morgan fingerprint density at radius 1 is 0.971 bits per heavy atom. The number of aromatic hydroxyl groups is 1. The van der Waals surface area contributed by atoms with Gasteiger partial charge in [0.1, 0.15) is 41.0 Å². The molecule has 0 saturated carbocycles. The summed E-state index contributed by atoms with van der Waals surface area (Å²) in [6, 6.07) is 8.81. The van der Waals surface area contributed by atoms with Crippen molar-refractivity contribution in [3.05, 3.63) is 46.6 Å². The van der Waals surface area contributed by atoms with Gasteiger partial charge in [-0.1, -0.05) is 0 Å². The second-order valence-corrected chi connectivity index (χ2v) is 7.69. The van der Waals surface area contributed by atoms with Gasteiger partial charge in [0.15, 0.2) is 22.9 Å². The van der Waals surface area contributed by atoms with Crippen LogP contribution in [-0.4, -0.2) is 76.4 Å². The summed E-state index contributed by atoms with van der Waals surface area (Å²) in [6.45, 7) is 0. The molecule has 1 saturated heterocycles. The molecule has 1 aliphatic rings. The Morgan fingerprint density at radius 3 is 2.26 bits per heavy atom. The Balaban J connectivity index is 1.80. The summed E-state index contributed by atoms with van der Waals surface area (Å²) < 4.78 is 27.0. The van der Waals surface area contributed by atoms with Gasteiger partial charge < -0.3 is 48.9 Å². The number of rotatable bonds is 6. The van der Waals surface area contributed by atoms with Crippen molar-refractivity contribution in [1.29, 1.82) is 0 Å². The van der Waals surface area contributed by atoms with Gasteiger partial charge in [0.25, 0.3) is 0 Å². The van der Waals surface area contributed by atoms with Crippen molar-refractivity contribution in [1.82, 2.24) is 0 Å². The van der Waals surface area contributed by atoms with E-state index in [0.717, 1.165) is 6.07 Å². The molecule has 3 aromatic rings. The Morgan fingerprint density at radius 2 is 1.66 bits per heavy atom. The first kappa shape index (κ1) is 24.3. The van der Waals surface area contributed by atoms with Gasteiger partial charge in [-0.3, -0.25) is 4.79 Å². The molecule has 0 aliphatic carbocycles. The molecule has 186 valence electrons. The van der Waals surface area contributed by atoms with E-state index in [1.807, 2.05) is 0 Å². The van der Waals surface area contributed by atoms with E-state index < -0.39 is 47.9 Å². The van der Waals surface area contributed by atoms with Crippen LogP contribution in [0.1, 0.15) is 0 Å². The highest BCUT2D eigenvalue weighted by Gasteiger charge is 2.48. The second kappa shape index (κ2) is 9.43. The predicted molar refractivity (Wildman–Crippen MR) is 118 cm³/mol. The summed E-state index contributed by atoms with van der Waals surface area (Å²) in [5, 5.41) is 49.7. The van der Waals surface area contributed by atoms with Crippen LogP contribution in [0, 0.1) is 0 Å². The monoisotopic (exact) mass is 490 g/mol. The third kappa shape index (κ3) is 4.35. The van der Waals surface area contributed by atoms with Crippen LogP contribution >= 0.6 is 0 Å². The largest absolute Gasteiger partial charge is 0.507 e. The fourth-order valence-electron chi connectivity index (χ4n) is 3.72. The van der Waals surface area contributed by atoms with Gasteiger partial charge in [-0.2, -0.15) is 0 Å². The van der Waals surface area contributed by atoms with Gasteiger partial charge in [-0.15, -0.1) is 0 Å². The number of phenolic OH excluding ortho intramolecular Hbond substituents is 1. The zero-order chi connectivity index (χ0) is 25.4. The average molecular weight is 490 g/mol. The number of methoxy groups -OCH3 is 2. The maximum absolute atomic E-state index is 12.8. The maximum Gasteiger partial charge on any atom is 0.335 e. The van der Waals surface area contributed by atoms with E-state index in [1.165, 1.54) is 20.3 Å². The summed E-state index contributed by atoms with van der Waals surface area (Å²) >= 11 is 0. The fourth-order valence-corrected chi connectivity index (χ4v) is 3.72. The van der Waals surface area contributed by atoms with Gasteiger partial charge >= 0.3 is 5.97 Å². The highest BCUT2D eigenvalue weighted by Crippen LogP contribution is 2.42. The number of hydrogen-bond acceptors (Lipinski definition) is 11. The zero-order valence-corrected chi connectivity index (χ0v) is 18.4. The smallest absolute Gasteiger partial charge is 0.335 e. The lowest BCUT2D eigenvalue weighted by molar-refractivity contribution is -0.271. The molecule has 35 heavy (non-hydrogen) atoms. The van der Waals surface area contributed by atoms with Crippen molar-refractivity contribution >= 4 is 16.9 Å². The third-order valence-corrected chi connectivity index (χ3v) is 5.54. The van der Waals surface area contributed by atoms with Gasteiger partial charge in [0.2, 0.25) is 12.0 Å². The molecular formula is C23H22O12. The van der Waals surface area contributed by atoms with Crippen LogP contribution in [0.3, 0.4) is 0 Å². The predicted octanol–water partition coefficient (Wildman–Crippen LogP) is 0.454. The Labute approximate surface area is 197 Å². The van der Waals surface area contributed by atoms with Crippen molar-refractivity contribution in [2.45, 2.75) is 30.7 Å². The van der Waals surface area contributed by atoms with Crippen molar-refractivity contribution in [3.63, 3.8) is 0 Å². The van der Waals surface area contributed by atoms with Crippen LogP contribution < -0.4 is 19.6 Å². The third-order valence-electron chi connectivity index (χ3n) is 5.54. The Bertz CT molecular complexity index is 1300. The summed E-state index contributed by atoms with van der Waals surface area (Å²) in [4.78, 5) is 24.2. The van der Waals surface area contributed by atoms with Gasteiger partial charge in [-0.25, -0.2) is 4.79 Å². The number of aliphatic carboxylic acids is 1. The SMILES string of the molecule is COc1ccc(-c2cc(=O)c3c(O)cc(OC4OC(C(=O)O)C(O)C(O)C4O)c(OC)c3o2)cc1. The number of carboxylic acids is 1. The van der Waals surface area contributed by atoms with Crippen LogP contribution in [0.5, 0.6) is 23.0 Å². The molecular weight excluding hydrogens is 468 g/mol. The van der Waals surface area contributed by atoms with Crippen LogP contribution in [0.15, 0.2) is 45.6 Å². The highest BCUT2D eigenvalue weighted by molar-refractivity contribution is 5.91. The normalized spacial score (nSPS) is 24.2. The maximum atomic E-state index is 12.8. The minimum atomic E-state index is -1.92. The lowest BCUT2D eigenvalue weighted by atomic mass is 9.99. The lowest BCUT2D eigenvalue weighted by Crippen LogP contribution is -2.61. The average Bonchev–Trinajstić information content (AvgIpc) is 2.83. The first-order chi connectivity index (χ1) is 16.7. The van der Waals surface area contributed by atoms with Crippen molar-refractivity contribution in [2.75, 3.05) is 14.2 Å². The molecule has 2 heterocycles. The number of aliphatic hydroxyl groups is 3. The van der Waals surface area contributed by atoms with Gasteiger partial charge in [-0.05, 0) is 24.3 Å². The highest BCUT2D eigenvalue weighted by atomic mass is 16.7. The van der Waals surface area contributed by atoms with Crippen molar-refractivity contribution < 1.29 is 53.7 Å².